The molecular formula is C68H47B2N5. The predicted octanol–water partition coefficient (Wildman–Crippen LogP) is 13.6. The average molecular weight is 956 g/mol. The fourth-order valence-corrected chi connectivity index (χ4v) is 13.4. The number of fused-ring (bicyclic) bond motifs is 11. The molecule has 5 nitrogen and oxygen atoms in total. The molecule has 12 aromatic rings. The van der Waals surface area contributed by atoms with Crippen LogP contribution in [0.4, 0.5) is 68.2 Å². The van der Waals surface area contributed by atoms with Crippen molar-refractivity contribution < 1.29 is 0 Å². The number of hydrogen-bond donors (Lipinski definition) is 0. The van der Waals surface area contributed by atoms with Gasteiger partial charge in [-0.3, -0.25) is 0 Å². The minimum atomic E-state index is -0.0284. The number of rotatable bonds is 5. The maximum absolute atomic E-state index is 2.58. The Morgan fingerprint density at radius 2 is 0.547 bits per heavy atom. The van der Waals surface area contributed by atoms with Crippen molar-refractivity contribution in [2.75, 3.05) is 19.6 Å². The molecule has 4 aliphatic rings. The average Bonchev–Trinajstić information content (AvgIpc) is 3.88. The molecule has 4 aliphatic heterocycles. The molecule has 0 spiro atoms. The van der Waals surface area contributed by atoms with E-state index in [0.717, 1.165) is 28.4 Å². The van der Waals surface area contributed by atoms with Crippen LogP contribution in [0, 0.1) is 13.8 Å². The lowest BCUT2D eigenvalue weighted by atomic mass is 9.33. The van der Waals surface area contributed by atoms with Crippen LogP contribution in [-0.4, -0.2) is 18.0 Å². The highest BCUT2D eigenvalue weighted by molar-refractivity contribution is 7.01. The molecular weight excluding hydrogens is 908 g/mol. The zero-order chi connectivity index (χ0) is 49.5. The van der Waals surface area contributed by atoms with E-state index < -0.39 is 0 Å². The second kappa shape index (κ2) is 16.0. The number of para-hydroxylation sites is 7. The number of nitrogens with zero attached hydrogens (tertiary/aromatic N) is 5. The summed E-state index contributed by atoms with van der Waals surface area (Å²) in [5.41, 5.74) is 28.0. The highest BCUT2D eigenvalue weighted by Crippen LogP contribution is 2.49. The zero-order valence-electron chi connectivity index (χ0n) is 41.6. The minimum absolute atomic E-state index is 0.0284. The van der Waals surface area contributed by atoms with E-state index in [1.165, 1.54) is 111 Å². The summed E-state index contributed by atoms with van der Waals surface area (Å²) >= 11 is 0. The molecule has 0 unspecified atom stereocenters. The van der Waals surface area contributed by atoms with E-state index in [2.05, 4.69) is 287 Å². The molecule has 0 aliphatic carbocycles. The largest absolute Gasteiger partial charge is 0.311 e. The molecule has 0 amide bonds. The molecule has 7 heteroatoms. The van der Waals surface area contributed by atoms with Crippen molar-refractivity contribution in [3.05, 3.63) is 260 Å². The zero-order valence-corrected chi connectivity index (χ0v) is 41.6. The van der Waals surface area contributed by atoms with E-state index in [9.17, 15) is 0 Å². The highest BCUT2D eigenvalue weighted by Gasteiger charge is 2.46. The topological polar surface area (TPSA) is 17.9 Å². The molecule has 0 radical (unpaired) electrons. The lowest BCUT2D eigenvalue weighted by molar-refractivity contribution is 1.17. The highest BCUT2D eigenvalue weighted by atomic mass is 15.2. The van der Waals surface area contributed by atoms with Gasteiger partial charge < -0.3 is 24.2 Å². The van der Waals surface area contributed by atoms with Crippen molar-refractivity contribution in [1.82, 2.24) is 4.57 Å². The first kappa shape index (κ1) is 42.1. The van der Waals surface area contributed by atoms with Gasteiger partial charge in [0.05, 0.1) is 11.0 Å². The number of anilines is 12. The number of aryl methyl sites for hydroxylation is 2. The van der Waals surface area contributed by atoms with Crippen molar-refractivity contribution in [2.45, 2.75) is 13.8 Å². The van der Waals surface area contributed by atoms with E-state index >= 15 is 0 Å². The first-order valence-corrected chi connectivity index (χ1v) is 26.2. The van der Waals surface area contributed by atoms with Gasteiger partial charge >= 0.3 is 0 Å². The summed E-state index contributed by atoms with van der Waals surface area (Å²) in [6.07, 6.45) is 0. The molecule has 5 heterocycles. The second-order valence-electron chi connectivity index (χ2n) is 20.6. The third kappa shape index (κ3) is 6.04. The summed E-state index contributed by atoms with van der Waals surface area (Å²) in [6.45, 7) is 4.44. The van der Waals surface area contributed by atoms with Gasteiger partial charge in [0.25, 0.3) is 13.4 Å². The first-order chi connectivity index (χ1) is 37.1. The van der Waals surface area contributed by atoms with Gasteiger partial charge in [0.2, 0.25) is 0 Å². The maximum atomic E-state index is 2.58. The Morgan fingerprint density at radius 3 is 0.893 bits per heavy atom. The third-order valence-electron chi connectivity index (χ3n) is 16.3. The Hall–Kier alpha value is -9.45. The van der Waals surface area contributed by atoms with Crippen molar-refractivity contribution in [1.29, 1.82) is 0 Å². The number of benzene rings is 11. The van der Waals surface area contributed by atoms with Gasteiger partial charge in [-0.1, -0.05) is 140 Å². The molecule has 350 valence electrons. The summed E-state index contributed by atoms with van der Waals surface area (Å²) in [6, 6.07) is 92.8. The Bertz CT molecular complexity index is 4040. The lowest BCUT2D eigenvalue weighted by Crippen LogP contribution is -2.61. The minimum Gasteiger partial charge on any atom is -0.311 e. The molecule has 11 aromatic carbocycles. The van der Waals surface area contributed by atoms with Gasteiger partial charge in [-0.05, 0) is 167 Å². The first-order valence-electron chi connectivity index (χ1n) is 26.2. The monoisotopic (exact) mass is 955 g/mol. The van der Waals surface area contributed by atoms with Crippen molar-refractivity contribution >= 4 is 136 Å². The Kier molecular flexibility index (Phi) is 8.99. The van der Waals surface area contributed by atoms with Crippen molar-refractivity contribution in [2.24, 2.45) is 0 Å². The van der Waals surface area contributed by atoms with Crippen LogP contribution in [0.1, 0.15) is 11.1 Å². The van der Waals surface area contributed by atoms with E-state index in [4.69, 9.17) is 0 Å². The summed E-state index contributed by atoms with van der Waals surface area (Å²) in [4.78, 5) is 10.1. The van der Waals surface area contributed by atoms with Gasteiger partial charge in [-0.2, -0.15) is 0 Å². The fourth-order valence-electron chi connectivity index (χ4n) is 13.4. The molecule has 0 bridgehead atoms. The molecule has 0 saturated heterocycles. The van der Waals surface area contributed by atoms with Crippen LogP contribution in [-0.2, 0) is 0 Å². The van der Waals surface area contributed by atoms with Crippen LogP contribution >= 0.6 is 0 Å². The van der Waals surface area contributed by atoms with Gasteiger partial charge in [-0.25, -0.2) is 0 Å². The predicted molar refractivity (Wildman–Crippen MR) is 318 cm³/mol. The summed E-state index contributed by atoms with van der Waals surface area (Å²) < 4.78 is 2.53. The Labute approximate surface area is 437 Å². The van der Waals surface area contributed by atoms with Crippen LogP contribution in [0.25, 0.3) is 27.5 Å². The second-order valence-corrected chi connectivity index (χ2v) is 20.6. The maximum Gasteiger partial charge on any atom is 0.252 e. The number of aromatic nitrogens is 1. The molecule has 0 saturated carbocycles. The van der Waals surface area contributed by atoms with Gasteiger partial charge in [-0.15, -0.1) is 0 Å². The molecule has 1 aromatic heterocycles. The lowest BCUT2D eigenvalue weighted by Gasteiger charge is -2.44. The smallest absolute Gasteiger partial charge is 0.252 e. The Balaban J connectivity index is 1.03. The standard InChI is InChI=1S/C68H47B2N5/c1-44-36-63-67-65(38-44)74(49-28-14-6-15-29-49)61-42-59-51(40-55(61)69(67)53-32-18-20-34-57(53)71(63)46-22-8-3-9-23-46)52-41-56-62(43-60(52)73(59)48-26-12-5-13-27-48)75(50-30-16-7-17-31-50)66-39-45(2)37-64-68(66)70(56)54-33-19-21-35-58(54)72(64)47-24-10-4-11-25-47/h3-43H,1-2H3. The van der Waals surface area contributed by atoms with Crippen LogP contribution in [0.2, 0.25) is 0 Å². The quantitative estimate of drug-likeness (QED) is 0.160. The van der Waals surface area contributed by atoms with Crippen LogP contribution in [0.3, 0.4) is 0 Å². The van der Waals surface area contributed by atoms with Crippen LogP contribution in [0.5, 0.6) is 0 Å². The summed E-state index contributed by atoms with van der Waals surface area (Å²) in [5.74, 6) is 0. The van der Waals surface area contributed by atoms with E-state index in [1.807, 2.05) is 0 Å². The third-order valence-corrected chi connectivity index (χ3v) is 16.3. The van der Waals surface area contributed by atoms with Crippen molar-refractivity contribution in [3.8, 4) is 5.69 Å². The number of hydrogen-bond acceptors (Lipinski definition) is 4. The fraction of sp³-hybridized carbons (Fsp3) is 0.0294. The van der Waals surface area contributed by atoms with Gasteiger partial charge in [0.15, 0.2) is 0 Å². The van der Waals surface area contributed by atoms with E-state index in [-0.39, 0.29) is 13.4 Å². The SMILES string of the molecule is Cc1cc2c3c(c1)N(c1ccccc1)c1cc4c(cc1B3c1ccccc1N2c1ccccc1)c1cc2c(cc1n4-c1ccccc1)N(c1ccccc1)c1cc(C)cc3c1B2c1ccccc1N3c1ccccc1. The van der Waals surface area contributed by atoms with E-state index in [0.29, 0.717) is 0 Å². The normalized spacial score (nSPS) is 13.6. The summed E-state index contributed by atoms with van der Waals surface area (Å²) in [5, 5.41) is 2.47. The molecule has 75 heavy (non-hydrogen) atoms. The molecule has 16 rings (SSSR count). The van der Waals surface area contributed by atoms with E-state index in [1.54, 1.807) is 0 Å². The Morgan fingerprint density at radius 1 is 0.253 bits per heavy atom. The van der Waals surface area contributed by atoms with Crippen molar-refractivity contribution in [3.63, 3.8) is 0 Å². The van der Waals surface area contributed by atoms with Gasteiger partial charge in [0.1, 0.15) is 0 Å². The van der Waals surface area contributed by atoms with Crippen LogP contribution in [0.15, 0.2) is 249 Å². The molecule has 0 N–H and O–H groups in total. The molecule has 0 fully saturated rings. The molecule has 0 atom stereocenters. The van der Waals surface area contributed by atoms with Crippen LogP contribution < -0.4 is 52.4 Å². The van der Waals surface area contributed by atoms with Gasteiger partial charge in [0, 0.05) is 84.7 Å². The summed E-state index contributed by atoms with van der Waals surface area (Å²) in [7, 11) is 0.